The molecule has 0 aromatic heterocycles. The van der Waals surface area contributed by atoms with E-state index in [1.54, 1.807) is 38.1 Å². The normalized spacial score (nSPS) is 11.9. The Morgan fingerprint density at radius 2 is 2.19 bits per heavy atom. The van der Waals surface area contributed by atoms with Gasteiger partial charge in [-0.1, -0.05) is 31.5 Å². The van der Waals surface area contributed by atoms with Crippen LogP contribution >= 0.6 is 27.5 Å². The van der Waals surface area contributed by atoms with Crippen molar-refractivity contribution < 1.29 is 4.92 Å². The number of allylic oxidation sites excluding steroid dienone is 1. The summed E-state index contributed by atoms with van der Waals surface area (Å²) in [5, 5.41) is 11.4. The maximum absolute atomic E-state index is 10.8. The van der Waals surface area contributed by atoms with Crippen LogP contribution in [-0.4, -0.2) is 4.92 Å². The molecule has 0 heterocycles. The Balaban J connectivity index is 3.13. The number of halogens is 2. The first kappa shape index (κ1) is 13.2. The fourth-order valence-corrected chi connectivity index (χ4v) is 1.72. The maximum Gasteiger partial charge on any atom is 0.249 e. The molecule has 0 spiro atoms. The van der Waals surface area contributed by atoms with Crippen LogP contribution in [0.1, 0.15) is 19.4 Å². The lowest BCUT2D eigenvalue weighted by Gasteiger charge is -2.02. The van der Waals surface area contributed by atoms with Gasteiger partial charge in [-0.2, -0.15) is 0 Å². The molecule has 3 nitrogen and oxygen atoms in total. The minimum Gasteiger partial charge on any atom is -0.259 e. The molecule has 0 amide bonds. The summed E-state index contributed by atoms with van der Waals surface area (Å²) in [6.07, 6.45) is 1.56. The van der Waals surface area contributed by atoms with Gasteiger partial charge in [-0.25, -0.2) is 0 Å². The predicted octanol–water partition coefficient (Wildman–Crippen LogP) is 4.38. The van der Waals surface area contributed by atoms with Crippen molar-refractivity contribution in [2.45, 2.75) is 13.8 Å². The Morgan fingerprint density at radius 3 is 2.62 bits per heavy atom. The van der Waals surface area contributed by atoms with E-state index >= 15 is 0 Å². The lowest BCUT2D eigenvalue weighted by atomic mass is 10.1. The number of rotatable bonds is 3. The van der Waals surface area contributed by atoms with Crippen molar-refractivity contribution in [3.05, 3.63) is 49.1 Å². The summed E-state index contributed by atoms with van der Waals surface area (Å²) < 4.78 is 0.731. The largest absolute Gasteiger partial charge is 0.259 e. The first-order chi connectivity index (χ1) is 7.41. The minimum absolute atomic E-state index is 0.121. The van der Waals surface area contributed by atoms with Crippen LogP contribution in [0.5, 0.6) is 0 Å². The molecule has 0 N–H and O–H groups in total. The van der Waals surface area contributed by atoms with Crippen LogP contribution in [0.25, 0.3) is 6.08 Å². The summed E-state index contributed by atoms with van der Waals surface area (Å²) in [5.41, 5.74) is 0.950. The van der Waals surface area contributed by atoms with E-state index in [4.69, 9.17) is 11.6 Å². The van der Waals surface area contributed by atoms with Crippen LogP contribution < -0.4 is 0 Å². The zero-order valence-electron chi connectivity index (χ0n) is 8.91. The van der Waals surface area contributed by atoms with Gasteiger partial charge in [0.05, 0.1) is 9.95 Å². The van der Waals surface area contributed by atoms with E-state index in [1.165, 1.54) is 0 Å². The van der Waals surface area contributed by atoms with Crippen molar-refractivity contribution in [2.75, 3.05) is 0 Å². The molecule has 0 bridgehead atoms. The highest BCUT2D eigenvalue weighted by molar-refractivity contribution is 9.10. The average molecular weight is 305 g/mol. The van der Waals surface area contributed by atoms with Crippen molar-refractivity contribution in [3.8, 4) is 0 Å². The first-order valence-corrected chi connectivity index (χ1v) is 5.90. The molecular weight excluding hydrogens is 293 g/mol. The van der Waals surface area contributed by atoms with E-state index in [2.05, 4.69) is 15.9 Å². The zero-order valence-corrected chi connectivity index (χ0v) is 11.2. The summed E-state index contributed by atoms with van der Waals surface area (Å²) >= 11 is 9.12. The number of nitrogens with zero attached hydrogens (tertiary/aromatic N) is 1. The molecule has 0 fully saturated rings. The van der Waals surface area contributed by atoms with Gasteiger partial charge >= 0.3 is 0 Å². The standard InChI is InChI=1S/C11H11BrClNO2/c1-7(2)11(14(15)16)6-8-3-4-10(13)9(12)5-8/h3-7H,1-2H3/b11-6-. The molecule has 1 aromatic carbocycles. The Kier molecular flexibility index (Phi) is 4.50. The minimum atomic E-state index is -0.354. The number of hydrogen-bond donors (Lipinski definition) is 0. The van der Waals surface area contributed by atoms with Gasteiger partial charge in [-0.05, 0) is 33.6 Å². The van der Waals surface area contributed by atoms with Gasteiger partial charge in [0.2, 0.25) is 5.70 Å². The molecule has 0 radical (unpaired) electrons. The Morgan fingerprint density at radius 1 is 1.56 bits per heavy atom. The SMILES string of the molecule is CC(C)/C(=C/c1ccc(Cl)c(Br)c1)[N+](=O)[O-]. The molecule has 86 valence electrons. The van der Waals surface area contributed by atoms with Crippen LogP contribution in [0.2, 0.25) is 5.02 Å². The molecule has 0 aliphatic rings. The Labute approximate surface area is 107 Å². The van der Waals surface area contributed by atoms with Crippen LogP contribution in [0, 0.1) is 16.0 Å². The number of benzene rings is 1. The van der Waals surface area contributed by atoms with Crippen molar-refractivity contribution in [3.63, 3.8) is 0 Å². The summed E-state index contributed by atoms with van der Waals surface area (Å²) in [5.74, 6) is -0.121. The number of nitro groups is 1. The van der Waals surface area contributed by atoms with Gasteiger partial charge in [0.15, 0.2) is 0 Å². The highest BCUT2D eigenvalue weighted by Crippen LogP contribution is 2.25. The second kappa shape index (κ2) is 5.46. The van der Waals surface area contributed by atoms with Gasteiger partial charge < -0.3 is 0 Å². The Bertz CT molecular complexity index is 444. The van der Waals surface area contributed by atoms with Crippen LogP contribution in [-0.2, 0) is 0 Å². The average Bonchev–Trinajstić information content (AvgIpc) is 2.18. The molecular formula is C11H11BrClNO2. The molecule has 0 saturated heterocycles. The smallest absolute Gasteiger partial charge is 0.249 e. The first-order valence-electron chi connectivity index (χ1n) is 4.73. The highest BCUT2D eigenvalue weighted by atomic mass is 79.9. The summed E-state index contributed by atoms with van der Waals surface area (Å²) in [6, 6.07) is 5.21. The van der Waals surface area contributed by atoms with Gasteiger partial charge in [0.25, 0.3) is 0 Å². The molecule has 0 aliphatic heterocycles. The van der Waals surface area contributed by atoms with Crippen LogP contribution in [0.3, 0.4) is 0 Å². The van der Waals surface area contributed by atoms with E-state index < -0.39 is 0 Å². The third-order valence-electron chi connectivity index (χ3n) is 2.06. The van der Waals surface area contributed by atoms with Crippen LogP contribution in [0.15, 0.2) is 28.4 Å². The third kappa shape index (κ3) is 3.32. The van der Waals surface area contributed by atoms with E-state index in [9.17, 15) is 10.1 Å². The van der Waals surface area contributed by atoms with Crippen molar-refractivity contribution in [1.82, 2.24) is 0 Å². The van der Waals surface area contributed by atoms with Gasteiger partial charge in [0, 0.05) is 16.5 Å². The fraction of sp³-hybridized carbons (Fsp3) is 0.273. The van der Waals surface area contributed by atoms with Crippen molar-refractivity contribution >= 4 is 33.6 Å². The molecule has 0 atom stereocenters. The van der Waals surface area contributed by atoms with E-state index in [0.717, 1.165) is 10.0 Å². The summed E-state index contributed by atoms with van der Waals surface area (Å²) in [4.78, 5) is 10.4. The van der Waals surface area contributed by atoms with E-state index in [0.29, 0.717) is 5.02 Å². The maximum atomic E-state index is 10.8. The van der Waals surface area contributed by atoms with Crippen LogP contribution in [0.4, 0.5) is 0 Å². The quantitative estimate of drug-likeness (QED) is 0.614. The molecule has 1 rings (SSSR count). The molecule has 5 heteroatoms. The predicted molar refractivity (Wildman–Crippen MR) is 69.0 cm³/mol. The molecule has 1 aromatic rings. The van der Waals surface area contributed by atoms with Crippen molar-refractivity contribution in [2.24, 2.45) is 5.92 Å². The summed E-state index contributed by atoms with van der Waals surface area (Å²) in [6.45, 7) is 3.58. The topological polar surface area (TPSA) is 43.1 Å². The fourth-order valence-electron chi connectivity index (χ4n) is 1.20. The monoisotopic (exact) mass is 303 g/mol. The molecule has 0 saturated carbocycles. The lowest BCUT2D eigenvalue weighted by Crippen LogP contribution is -2.05. The van der Waals surface area contributed by atoms with Gasteiger partial charge in [-0.3, -0.25) is 10.1 Å². The highest BCUT2D eigenvalue weighted by Gasteiger charge is 2.15. The van der Waals surface area contributed by atoms with Gasteiger partial charge in [-0.15, -0.1) is 0 Å². The molecule has 0 unspecified atom stereocenters. The number of hydrogen-bond acceptors (Lipinski definition) is 2. The zero-order chi connectivity index (χ0) is 12.3. The second-order valence-electron chi connectivity index (χ2n) is 3.65. The summed E-state index contributed by atoms with van der Waals surface area (Å²) in [7, 11) is 0. The van der Waals surface area contributed by atoms with Gasteiger partial charge in [0.1, 0.15) is 0 Å². The molecule has 16 heavy (non-hydrogen) atoms. The Hall–Kier alpha value is -0.870. The van der Waals surface area contributed by atoms with E-state index in [-0.39, 0.29) is 16.5 Å². The lowest BCUT2D eigenvalue weighted by molar-refractivity contribution is -0.431. The van der Waals surface area contributed by atoms with Crippen molar-refractivity contribution in [1.29, 1.82) is 0 Å². The second-order valence-corrected chi connectivity index (χ2v) is 4.92. The van der Waals surface area contributed by atoms with E-state index in [1.807, 2.05) is 0 Å². The molecule has 0 aliphatic carbocycles. The third-order valence-corrected chi connectivity index (χ3v) is 3.27.